The highest BCUT2D eigenvalue weighted by atomic mass is 19.2. The number of piperazine rings is 1. The van der Waals surface area contributed by atoms with Crippen LogP contribution in [0.5, 0.6) is 0 Å². The van der Waals surface area contributed by atoms with Gasteiger partial charge >= 0.3 is 0 Å². The molecule has 2 N–H and O–H groups in total. The maximum Gasteiger partial charge on any atom is 0.282 e. The Labute approximate surface area is 132 Å². The van der Waals surface area contributed by atoms with Gasteiger partial charge in [0.05, 0.1) is 31.9 Å². The standard InChI is InChI=1S/C15H18F3N3O2/c1-9(20-5-7-21(8-6-20)10(2)22)15(23)19-12-4-3-11(16)13(17)14(12)18/h3-4,9H,5-8H2,1-2H3,(H,19,23)/p+1/t9-/m0/s1. The lowest BCUT2D eigenvalue weighted by Gasteiger charge is -2.34. The third kappa shape index (κ3) is 3.82. The van der Waals surface area contributed by atoms with Crippen LogP contribution in [0, 0.1) is 17.5 Å². The summed E-state index contributed by atoms with van der Waals surface area (Å²) < 4.78 is 39.6. The minimum absolute atomic E-state index is 0.00925. The highest BCUT2D eigenvalue weighted by Gasteiger charge is 2.30. The van der Waals surface area contributed by atoms with Crippen molar-refractivity contribution in [1.29, 1.82) is 0 Å². The number of hydrogen-bond donors (Lipinski definition) is 2. The number of nitrogens with one attached hydrogen (secondary N) is 2. The largest absolute Gasteiger partial charge is 0.332 e. The number of amides is 2. The van der Waals surface area contributed by atoms with Gasteiger partial charge in [0.1, 0.15) is 0 Å². The van der Waals surface area contributed by atoms with Gasteiger partial charge in [-0.3, -0.25) is 9.59 Å². The van der Waals surface area contributed by atoms with Crippen LogP contribution in [0.1, 0.15) is 13.8 Å². The Bertz CT molecular complexity index is 616. The molecular weight excluding hydrogens is 311 g/mol. The van der Waals surface area contributed by atoms with E-state index in [1.54, 1.807) is 11.8 Å². The zero-order chi connectivity index (χ0) is 17.1. The normalized spacial score (nSPS) is 17.0. The van der Waals surface area contributed by atoms with E-state index in [9.17, 15) is 22.8 Å². The third-order valence-electron chi connectivity index (χ3n) is 4.15. The predicted molar refractivity (Wildman–Crippen MR) is 77.4 cm³/mol. The van der Waals surface area contributed by atoms with Crippen LogP contribution >= 0.6 is 0 Å². The van der Waals surface area contributed by atoms with Gasteiger partial charge in [0, 0.05) is 6.92 Å². The third-order valence-corrected chi connectivity index (χ3v) is 4.15. The molecule has 1 aromatic rings. The number of rotatable bonds is 3. The van der Waals surface area contributed by atoms with Crippen LogP contribution in [0.25, 0.3) is 0 Å². The molecule has 8 heteroatoms. The Hall–Kier alpha value is -2.09. The molecule has 2 rings (SSSR count). The summed E-state index contributed by atoms with van der Waals surface area (Å²) in [7, 11) is 0. The fourth-order valence-electron chi connectivity index (χ4n) is 2.59. The van der Waals surface area contributed by atoms with Crippen molar-refractivity contribution in [3.63, 3.8) is 0 Å². The predicted octanol–water partition coefficient (Wildman–Crippen LogP) is 0.178. The van der Waals surface area contributed by atoms with Crippen molar-refractivity contribution in [2.45, 2.75) is 19.9 Å². The lowest BCUT2D eigenvalue weighted by Crippen LogP contribution is -3.19. The molecule has 1 heterocycles. The molecule has 0 saturated carbocycles. The summed E-state index contributed by atoms with van der Waals surface area (Å²) in [6.45, 7) is 5.44. The minimum atomic E-state index is -1.61. The molecule has 0 unspecified atom stereocenters. The molecule has 0 spiro atoms. The van der Waals surface area contributed by atoms with Crippen molar-refractivity contribution in [3.8, 4) is 0 Å². The Balaban J connectivity index is 1.99. The van der Waals surface area contributed by atoms with Gasteiger partial charge in [-0.25, -0.2) is 13.2 Å². The highest BCUT2D eigenvalue weighted by molar-refractivity contribution is 5.93. The lowest BCUT2D eigenvalue weighted by molar-refractivity contribution is -0.917. The van der Waals surface area contributed by atoms with Gasteiger partial charge < -0.3 is 15.1 Å². The smallest absolute Gasteiger partial charge is 0.282 e. The van der Waals surface area contributed by atoms with E-state index >= 15 is 0 Å². The van der Waals surface area contributed by atoms with Crippen LogP contribution in [-0.4, -0.2) is 48.9 Å². The van der Waals surface area contributed by atoms with Gasteiger partial charge in [0.2, 0.25) is 5.91 Å². The SMILES string of the molecule is CC(=O)N1CC[NH+]([C@@H](C)C(=O)Nc2ccc(F)c(F)c2F)CC1. The Morgan fingerprint density at radius 1 is 1.17 bits per heavy atom. The maximum atomic E-state index is 13.6. The second kappa shape index (κ2) is 6.99. The second-order valence-corrected chi connectivity index (χ2v) is 5.60. The molecule has 1 fully saturated rings. The number of hydrogen-bond acceptors (Lipinski definition) is 2. The average Bonchev–Trinajstić information content (AvgIpc) is 2.54. The van der Waals surface area contributed by atoms with E-state index in [0.29, 0.717) is 26.2 Å². The van der Waals surface area contributed by atoms with Crippen molar-refractivity contribution in [1.82, 2.24) is 4.90 Å². The topological polar surface area (TPSA) is 53.9 Å². The summed E-state index contributed by atoms with van der Waals surface area (Å²) in [6.07, 6.45) is 0. The number of benzene rings is 1. The number of quaternary nitrogens is 1. The first-order chi connectivity index (χ1) is 10.8. The van der Waals surface area contributed by atoms with Crippen LogP contribution in [-0.2, 0) is 9.59 Å². The van der Waals surface area contributed by atoms with E-state index < -0.39 is 29.4 Å². The molecule has 0 radical (unpaired) electrons. The Kier molecular flexibility index (Phi) is 5.25. The molecule has 2 amide bonds. The van der Waals surface area contributed by atoms with E-state index in [-0.39, 0.29) is 11.6 Å². The van der Waals surface area contributed by atoms with E-state index in [1.165, 1.54) is 6.92 Å². The molecule has 1 aliphatic heterocycles. The van der Waals surface area contributed by atoms with E-state index in [1.807, 2.05) is 0 Å². The molecule has 0 bridgehead atoms. The molecular formula is C15H19F3N3O2+. The molecule has 0 aromatic heterocycles. The summed E-state index contributed by atoms with van der Waals surface area (Å²) >= 11 is 0. The summed E-state index contributed by atoms with van der Waals surface area (Å²) in [5, 5.41) is 2.29. The molecule has 1 saturated heterocycles. The molecule has 126 valence electrons. The summed E-state index contributed by atoms with van der Waals surface area (Å²) in [5.74, 6) is -4.83. The van der Waals surface area contributed by atoms with Crippen LogP contribution < -0.4 is 10.2 Å². The summed E-state index contributed by atoms with van der Waals surface area (Å²) in [4.78, 5) is 26.1. The molecule has 1 aromatic carbocycles. The lowest BCUT2D eigenvalue weighted by atomic mass is 10.2. The van der Waals surface area contributed by atoms with Crippen molar-refractivity contribution >= 4 is 17.5 Å². The maximum absolute atomic E-state index is 13.6. The van der Waals surface area contributed by atoms with Gasteiger partial charge in [0.25, 0.3) is 5.91 Å². The monoisotopic (exact) mass is 330 g/mol. The first kappa shape index (κ1) is 17.3. The van der Waals surface area contributed by atoms with Crippen molar-refractivity contribution in [3.05, 3.63) is 29.6 Å². The van der Waals surface area contributed by atoms with Gasteiger partial charge in [0.15, 0.2) is 23.5 Å². The number of nitrogens with zero attached hydrogens (tertiary/aromatic N) is 1. The van der Waals surface area contributed by atoms with Crippen LogP contribution in [0.15, 0.2) is 12.1 Å². The second-order valence-electron chi connectivity index (χ2n) is 5.60. The summed E-state index contributed by atoms with van der Waals surface area (Å²) in [6, 6.07) is 1.25. The fourth-order valence-corrected chi connectivity index (χ4v) is 2.59. The Morgan fingerprint density at radius 2 is 1.78 bits per heavy atom. The van der Waals surface area contributed by atoms with Crippen molar-refractivity contribution < 1.29 is 27.7 Å². The molecule has 1 atom stereocenters. The molecule has 5 nitrogen and oxygen atoms in total. The van der Waals surface area contributed by atoms with Crippen LogP contribution in [0.2, 0.25) is 0 Å². The van der Waals surface area contributed by atoms with E-state index in [2.05, 4.69) is 5.32 Å². The number of anilines is 1. The van der Waals surface area contributed by atoms with E-state index in [0.717, 1.165) is 17.0 Å². The minimum Gasteiger partial charge on any atom is -0.332 e. The number of carbonyl (C=O) groups is 2. The molecule has 1 aliphatic rings. The first-order valence-electron chi connectivity index (χ1n) is 7.35. The van der Waals surface area contributed by atoms with Gasteiger partial charge in [-0.05, 0) is 19.1 Å². The van der Waals surface area contributed by atoms with Crippen molar-refractivity contribution in [2.24, 2.45) is 0 Å². The molecule has 0 aliphatic carbocycles. The van der Waals surface area contributed by atoms with Gasteiger partial charge in [-0.15, -0.1) is 0 Å². The quantitative estimate of drug-likeness (QED) is 0.777. The van der Waals surface area contributed by atoms with Crippen LogP contribution in [0.4, 0.5) is 18.9 Å². The van der Waals surface area contributed by atoms with Gasteiger partial charge in [-0.2, -0.15) is 0 Å². The number of halogens is 3. The van der Waals surface area contributed by atoms with Gasteiger partial charge in [-0.1, -0.05) is 0 Å². The number of carbonyl (C=O) groups excluding carboxylic acids is 2. The van der Waals surface area contributed by atoms with E-state index in [4.69, 9.17) is 0 Å². The zero-order valence-electron chi connectivity index (χ0n) is 13.0. The Morgan fingerprint density at radius 3 is 2.35 bits per heavy atom. The summed E-state index contributed by atoms with van der Waals surface area (Å²) in [5.41, 5.74) is -0.387. The fraction of sp³-hybridized carbons (Fsp3) is 0.467. The zero-order valence-corrected chi connectivity index (χ0v) is 13.0. The molecule has 23 heavy (non-hydrogen) atoms. The van der Waals surface area contributed by atoms with Crippen LogP contribution in [0.3, 0.4) is 0 Å². The first-order valence-corrected chi connectivity index (χ1v) is 7.35. The highest BCUT2D eigenvalue weighted by Crippen LogP contribution is 2.19. The average molecular weight is 330 g/mol. The van der Waals surface area contributed by atoms with Crippen molar-refractivity contribution in [2.75, 3.05) is 31.5 Å².